The van der Waals surface area contributed by atoms with Crippen molar-refractivity contribution in [3.8, 4) is 5.75 Å². The van der Waals surface area contributed by atoms with Crippen molar-refractivity contribution < 1.29 is 19.1 Å². The van der Waals surface area contributed by atoms with E-state index in [0.717, 1.165) is 0 Å². The predicted octanol–water partition coefficient (Wildman–Crippen LogP) is 3.90. The first-order valence-corrected chi connectivity index (χ1v) is 8.28. The van der Waals surface area contributed by atoms with Gasteiger partial charge >= 0.3 is 6.09 Å². The molecule has 0 spiro atoms. The molecule has 0 aromatic heterocycles. The molecule has 138 valence electrons. The fourth-order valence-electron chi connectivity index (χ4n) is 2.26. The minimum Gasteiger partial charge on any atom is -0.497 e. The smallest absolute Gasteiger partial charge is 0.408 e. The van der Waals surface area contributed by atoms with Gasteiger partial charge in [0.25, 0.3) is 5.91 Å². The van der Waals surface area contributed by atoms with Crippen LogP contribution in [0.3, 0.4) is 0 Å². The van der Waals surface area contributed by atoms with Gasteiger partial charge in [0.05, 0.1) is 7.11 Å². The molecule has 2 aromatic rings. The molecule has 0 saturated carbocycles. The van der Waals surface area contributed by atoms with E-state index < -0.39 is 17.7 Å². The predicted molar refractivity (Wildman–Crippen MR) is 100 cm³/mol. The maximum atomic E-state index is 12.8. The van der Waals surface area contributed by atoms with E-state index in [1.165, 1.54) is 0 Å². The van der Waals surface area contributed by atoms with E-state index in [9.17, 15) is 9.59 Å². The molecule has 0 unspecified atom stereocenters. The third-order valence-corrected chi connectivity index (χ3v) is 3.41. The van der Waals surface area contributed by atoms with Gasteiger partial charge in [-0.05, 0) is 50.6 Å². The Kier molecular flexibility index (Phi) is 6.22. The summed E-state index contributed by atoms with van der Waals surface area (Å²) in [5, 5.41) is 5.43. The Bertz CT molecular complexity index is 737. The van der Waals surface area contributed by atoms with Crippen LogP contribution in [-0.4, -0.2) is 24.7 Å². The summed E-state index contributed by atoms with van der Waals surface area (Å²) in [5.74, 6) is 0.321. The van der Waals surface area contributed by atoms with E-state index in [2.05, 4.69) is 10.6 Å². The van der Waals surface area contributed by atoms with Gasteiger partial charge < -0.3 is 20.1 Å². The molecule has 0 aliphatic carbocycles. The second kappa shape index (κ2) is 8.38. The van der Waals surface area contributed by atoms with Crippen LogP contribution in [0.5, 0.6) is 5.75 Å². The van der Waals surface area contributed by atoms with E-state index in [-0.39, 0.29) is 5.91 Å². The van der Waals surface area contributed by atoms with E-state index in [1.807, 2.05) is 6.07 Å². The van der Waals surface area contributed by atoms with Crippen molar-refractivity contribution in [3.05, 3.63) is 60.2 Å². The zero-order valence-electron chi connectivity index (χ0n) is 15.4. The Morgan fingerprint density at radius 2 is 1.58 bits per heavy atom. The minimum atomic E-state index is -0.881. The molecule has 6 heteroatoms. The lowest BCUT2D eigenvalue weighted by Gasteiger charge is -2.23. The van der Waals surface area contributed by atoms with E-state index in [0.29, 0.717) is 17.0 Å². The first kappa shape index (κ1) is 19.3. The Morgan fingerprint density at radius 1 is 0.962 bits per heavy atom. The lowest BCUT2D eigenvalue weighted by molar-refractivity contribution is -0.118. The molecule has 26 heavy (non-hydrogen) atoms. The SMILES string of the molecule is COc1ccc(NC(=O)[C@@H](NC(=O)OC(C)(C)C)c2ccccc2)cc1. The number of anilines is 1. The van der Waals surface area contributed by atoms with Crippen LogP contribution in [0.15, 0.2) is 54.6 Å². The van der Waals surface area contributed by atoms with Gasteiger partial charge in [0, 0.05) is 5.69 Å². The van der Waals surface area contributed by atoms with Gasteiger partial charge in [-0.25, -0.2) is 4.79 Å². The lowest BCUT2D eigenvalue weighted by atomic mass is 10.1. The highest BCUT2D eigenvalue weighted by Gasteiger charge is 2.25. The molecule has 0 saturated heterocycles. The summed E-state index contributed by atoms with van der Waals surface area (Å²) in [6, 6.07) is 15.1. The Morgan fingerprint density at radius 3 is 2.12 bits per heavy atom. The van der Waals surface area contributed by atoms with Crippen molar-refractivity contribution in [2.24, 2.45) is 0 Å². The highest BCUT2D eigenvalue weighted by Crippen LogP contribution is 2.19. The second-order valence-electron chi connectivity index (χ2n) is 6.71. The Labute approximate surface area is 153 Å². The first-order chi connectivity index (χ1) is 12.3. The number of hydrogen-bond donors (Lipinski definition) is 2. The van der Waals surface area contributed by atoms with Gasteiger partial charge in [-0.3, -0.25) is 4.79 Å². The fourth-order valence-corrected chi connectivity index (χ4v) is 2.26. The molecule has 0 radical (unpaired) electrons. The summed E-state index contributed by atoms with van der Waals surface area (Å²) in [4.78, 5) is 24.9. The fraction of sp³-hybridized carbons (Fsp3) is 0.300. The molecule has 6 nitrogen and oxygen atoms in total. The van der Waals surface area contributed by atoms with E-state index in [1.54, 1.807) is 76.4 Å². The van der Waals surface area contributed by atoms with Gasteiger partial charge in [-0.2, -0.15) is 0 Å². The summed E-state index contributed by atoms with van der Waals surface area (Å²) >= 11 is 0. The number of alkyl carbamates (subject to hydrolysis) is 1. The van der Waals surface area contributed by atoms with Gasteiger partial charge in [-0.15, -0.1) is 0 Å². The highest BCUT2D eigenvalue weighted by molar-refractivity contribution is 5.97. The van der Waals surface area contributed by atoms with Crippen LogP contribution in [0.25, 0.3) is 0 Å². The van der Waals surface area contributed by atoms with Crippen LogP contribution in [0.1, 0.15) is 32.4 Å². The average molecular weight is 356 g/mol. The maximum absolute atomic E-state index is 12.8. The number of amides is 2. The molecule has 0 aliphatic rings. The van der Waals surface area contributed by atoms with E-state index >= 15 is 0 Å². The normalized spacial score (nSPS) is 12.0. The number of rotatable bonds is 5. The molecule has 2 N–H and O–H groups in total. The van der Waals surface area contributed by atoms with Gasteiger partial charge in [0.1, 0.15) is 17.4 Å². The van der Waals surface area contributed by atoms with Gasteiger partial charge in [-0.1, -0.05) is 30.3 Å². The average Bonchev–Trinajstić information content (AvgIpc) is 2.59. The molecule has 0 heterocycles. The van der Waals surface area contributed by atoms with Crippen LogP contribution >= 0.6 is 0 Å². The molecule has 0 aliphatic heterocycles. The molecule has 2 amide bonds. The molecule has 2 aromatic carbocycles. The zero-order chi connectivity index (χ0) is 19.2. The number of hydrogen-bond acceptors (Lipinski definition) is 4. The minimum absolute atomic E-state index is 0.368. The third-order valence-electron chi connectivity index (χ3n) is 3.41. The molecule has 2 rings (SSSR count). The standard InChI is InChI=1S/C20H24N2O4/c1-20(2,3)26-19(24)22-17(14-8-6-5-7-9-14)18(23)21-15-10-12-16(25-4)13-11-15/h5-13,17H,1-4H3,(H,21,23)(H,22,24)/t17-/m0/s1. The summed E-state index contributed by atoms with van der Waals surface area (Å²) in [6.45, 7) is 5.30. The Balaban J connectivity index is 2.16. The van der Waals surface area contributed by atoms with Crippen molar-refractivity contribution in [1.82, 2.24) is 5.32 Å². The summed E-state index contributed by atoms with van der Waals surface area (Å²) in [6.07, 6.45) is -0.656. The number of nitrogens with one attached hydrogen (secondary N) is 2. The topological polar surface area (TPSA) is 76.7 Å². The van der Waals surface area contributed by atoms with Crippen LogP contribution in [0, 0.1) is 0 Å². The summed E-state index contributed by atoms with van der Waals surface area (Å²) in [7, 11) is 1.57. The quantitative estimate of drug-likeness (QED) is 0.852. The number of ether oxygens (including phenoxy) is 2. The number of carbonyl (C=O) groups excluding carboxylic acids is 2. The van der Waals surface area contributed by atoms with E-state index in [4.69, 9.17) is 9.47 Å². The van der Waals surface area contributed by atoms with Crippen LogP contribution in [-0.2, 0) is 9.53 Å². The molecular weight excluding hydrogens is 332 g/mol. The third kappa shape index (κ3) is 5.81. The number of carbonyl (C=O) groups is 2. The molecular formula is C20H24N2O4. The van der Waals surface area contributed by atoms with Crippen LogP contribution in [0.4, 0.5) is 10.5 Å². The van der Waals surface area contributed by atoms with Gasteiger partial charge in [0.2, 0.25) is 0 Å². The molecule has 1 atom stereocenters. The maximum Gasteiger partial charge on any atom is 0.408 e. The van der Waals surface area contributed by atoms with Crippen molar-refractivity contribution >= 4 is 17.7 Å². The van der Waals surface area contributed by atoms with Crippen molar-refractivity contribution in [1.29, 1.82) is 0 Å². The highest BCUT2D eigenvalue weighted by atomic mass is 16.6. The van der Waals surface area contributed by atoms with Crippen LogP contribution in [0.2, 0.25) is 0 Å². The number of methoxy groups -OCH3 is 1. The Hall–Kier alpha value is -3.02. The lowest BCUT2D eigenvalue weighted by Crippen LogP contribution is -2.40. The largest absolute Gasteiger partial charge is 0.497 e. The van der Waals surface area contributed by atoms with Gasteiger partial charge in [0.15, 0.2) is 0 Å². The van der Waals surface area contributed by atoms with Crippen molar-refractivity contribution in [2.45, 2.75) is 32.4 Å². The molecule has 0 bridgehead atoms. The zero-order valence-corrected chi connectivity index (χ0v) is 15.4. The monoisotopic (exact) mass is 356 g/mol. The van der Waals surface area contributed by atoms with Crippen molar-refractivity contribution in [2.75, 3.05) is 12.4 Å². The number of benzene rings is 2. The van der Waals surface area contributed by atoms with Crippen molar-refractivity contribution in [3.63, 3.8) is 0 Å². The second-order valence-corrected chi connectivity index (χ2v) is 6.71. The molecule has 0 fully saturated rings. The summed E-state index contributed by atoms with van der Waals surface area (Å²) in [5.41, 5.74) is 0.602. The first-order valence-electron chi connectivity index (χ1n) is 8.28. The van der Waals surface area contributed by atoms with Crippen LogP contribution < -0.4 is 15.4 Å². The summed E-state index contributed by atoms with van der Waals surface area (Å²) < 4.78 is 10.4.